The SMILES string of the molecule is CCCC(NCCCOCCO)C1CC1. The molecular formula is C12H25NO2. The van der Waals surface area contributed by atoms with Gasteiger partial charge in [0.05, 0.1) is 13.2 Å². The highest BCUT2D eigenvalue weighted by atomic mass is 16.5. The van der Waals surface area contributed by atoms with E-state index in [1.54, 1.807) is 0 Å². The minimum absolute atomic E-state index is 0.133. The Kier molecular flexibility index (Phi) is 6.98. The summed E-state index contributed by atoms with van der Waals surface area (Å²) in [6.45, 7) is 4.67. The Hall–Kier alpha value is -0.120. The molecule has 0 aromatic heterocycles. The van der Waals surface area contributed by atoms with Gasteiger partial charge in [0.2, 0.25) is 0 Å². The first-order valence-electron chi connectivity index (χ1n) is 6.30. The second-order valence-corrected chi connectivity index (χ2v) is 4.38. The molecule has 1 unspecified atom stereocenters. The van der Waals surface area contributed by atoms with Crippen molar-refractivity contribution < 1.29 is 9.84 Å². The number of ether oxygens (including phenoxy) is 1. The zero-order chi connectivity index (χ0) is 10.9. The van der Waals surface area contributed by atoms with Crippen LogP contribution in [0, 0.1) is 5.92 Å². The second kappa shape index (κ2) is 8.08. The van der Waals surface area contributed by atoms with Crippen LogP contribution in [-0.2, 0) is 4.74 Å². The Balaban J connectivity index is 1.92. The number of rotatable bonds is 10. The third-order valence-corrected chi connectivity index (χ3v) is 2.90. The van der Waals surface area contributed by atoms with Crippen molar-refractivity contribution in [2.24, 2.45) is 5.92 Å². The molecule has 0 bridgehead atoms. The van der Waals surface area contributed by atoms with E-state index in [0.29, 0.717) is 6.61 Å². The molecular weight excluding hydrogens is 190 g/mol. The highest BCUT2D eigenvalue weighted by molar-refractivity contribution is 4.85. The fraction of sp³-hybridized carbons (Fsp3) is 1.00. The van der Waals surface area contributed by atoms with E-state index < -0.39 is 0 Å². The molecule has 0 aromatic rings. The third-order valence-electron chi connectivity index (χ3n) is 2.90. The van der Waals surface area contributed by atoms with Gasteiger partial charge in [-0.15, -0.1) is 0 Å². The number of aliphatic hydroxyl groups is 1. The number of hydrogen-bond donors (Lipinski definition) is 2. The molecule has 0 radical (unpaired) electrons. The molecule has 0 saturated heterocycles. The summed E-state index contributed by atoms with van der Waals surface area (Å²) in [5.41, 5.74) is 0. The van der Waals surface area contributed by atoms with Crippen molar-refractivity contribution in [2.75, 3.05) is 26.4 Å². The molecule has 1 aliphatic carbocycles. The summed E-state index contributed by atoms with van der Waals surface area (Å²) in [6.07, 6.45) is 6.46. The summed E-state index contributed by atoms with van der Waals surface area (Å²) in [6, 6.07) is 0.743. The molecule has 3 nitrogen and oxygen atoms in total. The largest absolute Gasteiger partial charge is 0.394 e. The van der Waals surface area contributed by atoms with Gasteiger partial charge in [0.25, 0.3) is 0 Å². The monoisotopic (exact) mass is 215 g/mol. The van der Waals surface area contributed by atoms with Gasteiger partial charge >= 0.3 is 0 Å². The zero-order valence-electron chi connectivity index (χ0n) is 9.87. The standard InChI is InChI=1S/C12H25NO2/c1-2-4-12(11-5-6-11)13-7-3-9-15-10-8-14/h11-14H,2-10H2,1H3. The summed E-state index contributed by atoms with van der Waals surface area (Å²) in [7, 11) is 0. The predicted octanol–water partition coefficient (Wildman–Crippen LogP) is 1.55. The average molecular weight is 215 g/mol. The summed E-state index contributed by atoms with van der Waals surface area (Å²) in [5, 5.41) is 12.1. The lowest BCUT2D eigenvalue weighted by Gasteiger charge is -2.17. The lowest BCUT2D eigenvalue weighted by molar-refractivity contribution is 0.0902. The van der Waals surface area contributed by atoms with Crippen LogP contribution in [0.2, 0.25) is 0 Å². The van der Waals surface area contributed by atoms with Crippen molar-refractivity contribution >= 4 is 0 Å². The third kappa shape index (κ3) is 6.13. The molecule has 0 aromatic carbocycles. The molecule has 1 rings (SSSR count). The smallest absolute Gasteiger partial charge is 0.0697 e. The van der Waals surface area contributed by atoms with Crippen LogP contribution in [0.5, 0.6) is 0 Å². The van der Waals surface area contributed by atoms with Crippen LogP contribution in [0.15, 0.2) is 0 Å². The van der Waals surface area contributed by atoms with Gasteiger partial charge < -0.3 is 15.2 Å². The Labute approximate surface area is 93.2 Å². The Morgan fingerprint density at radius 2 is 2.20 bits per heavy atom. The molecule has 90 valence electrons. The average Bonchev–Trinajstić information content (AvgIpc) is 3.05. The van der Waals surface area contributed by atoms with E-state index in [9.17, 15) is 0 Å². The van der Waals surface area contributed by atoms with Crippen molar-refractivity contribution in [2.45, 2.75) is 45.1 Å². The number of nitrogens with one attached hydrogen (secondary N) is 1. The van der Waals surface area contributed by atoms with E-state index in [1.165, 1.54) is 25.7 Å². The molecule has 2 N–H and O–H groups in total. The first kappa shape index (κ1) is 12.9. The Morgan fingerprint density at radius 1 is 1.40 bits per heavy atom. The van der Waals surface area contributed by atoms with E-state index in [-0.39, 0.29) is 6.61 Å². The van der Waals surface area contributed by atoms with E-state index in [4.69, 9.17) is 9.84 Å². The van der Waals surface area contributed by atoms with Gasteiger partial charge in [-0.1, -0.05) is 13.3 Å². The van der Waals surface area contributed by atoms with Gasteiger partial charge in [-0.2, -0.15) is 0 Å². The first-order chi connectivity index (χ1) is 7.38. The van der Waals surface area contributed by atoms with E-state index in [0.717, 1.165) is 31.5 Å². The molecule has 1 aliphatic rings. The van der Waals surface area contributed by atoms with Crippen LogP contribution in [0.3, 0.4) is 0 Å². The molecule has 0 heterocycles. The molecule has 1 fully saturated rings. The lowest BCUT2D eigenvalue weighted by atomic mass is 10.1. The van der Waals surface area contributed by atoms with Gasteiger partial charge in [0.1, 0.15) is 0 Å². The van der Waals surface area contributed by atoms with E-state index in [2.05, 4.69) is 12.2 Å². The van der Waals surface area contributed by atoms with Crippen LogP contribution in [0.1, 0.15) is 39.0 Å². The van der Waals surface area contributed by atoms with Crippen LogP contribution < -0.4 is 5.32 Å². The Morgan fingerprint density at radius 3 is 2.80 bits per heavy atom. The first-order valence-corrected chi connectivity index (χ1v) is 6.30. The fourth-order valence-corrected chi connectivity index (χ4v) is 1.94. The molecule has 0 amide bonds. The van der Waals surface area contributed by atoms with Crippen LogP contribution in [0.25, 0.3) is 0 Å². The highest BCUT2D eigenvalue weighted by Crippen LogP contribution is 2.34. The summed E-state index contributed by atoms with van der Waals surface area (Å²) in [5.74, 6) is 0.948. The van der Waals surface area contributed by atoms with E-state index in [1.807, 2.05) is 0 Å². The normalized spacial score (nSPS) is 18.0. The maximum absolute atomic E-state index is 8.52. The highest BCUT2D eigenvalue weighted by Gasteiger charge is 2.29. The van der Waals surface area contributed by atoms with Gasteiger partial charge in [0.15, 0.2) is 0 Å². The second-order valence-electron chi connectivity index (χ2n) is 4.38. The van der Waals surface area contributed by atoms with Gasteiger partial charge in [-0.25, -0.2) is 0 Å². The van der Waals surface area contributed by atoms with Crippen LogP contribution >= 0.6 is 0 Å². The number of aliphatic hydroxyl groups excluding tert-OH is 1. The van der Waals surface area contributed by atoms with Crippen LogP contribution in [-0.4, -0.2) is 37.5 Å². The Bertz CT molecular complexity index is 149. The van der Waals surface area contributed by atoms with Crippen molar-refractivity contribution in [3.63, 3.8) is 0 Å². The van der Waals surface area contributed by atoms with E-state index >= 15 is 0 Å². The minimum Gasteiger partial charge on any atom is -0.394 e. The van der Waals surface area contributed by atoms with Crippen molar-refractivity contribution in [1.82, 2.24) is 5.32 Å². The molecule has 1 atom stereocenters. The van der Waals surface area contributed by atoms with Crippen LogP contribution in [0.4, 0.5) is 0 Å². The van der Waals surface area contributed by atoms with Crippen molar-refractivity contribution in [3.8, 4) is 0 Å². The molecule has 0 aliphatic heterocycles. The van der Waals surface area contributed by atoms with Gasteiger partial charge in [0, 0.05) is 12.6 Å². The molecule has 3 heteroatoms. The topological polar surface area (TPSA) is 41.5 Å². The summed E-state index contributed by atoms with van der Waals surface area (Å²) in [4.78, 5) is 0. The maximum Gasteiger partial charge on any atom is 0.0697 e. The van der Waals surface area contributed by atoms with Gasteiger partial charge in [-0.3, -0.25) is 0 Å². The molecule has 0 spiro atoms. The summed E-state index contributed by atoms with van der Waals surface area (Å²) < 4.78 is 5.21. The lowest BCUT2D eigenvalue weighted by Crippen LogP contribution is -2.32. The zero-order valence-corrected chi connectivity index (χ0v) is 9.87. The summed E-state index contributed by atoms with van der Waals surface area (Å²) >= 11 is 0. The van der Waals surface area contributed by atoms with Crippen molar-refractivity contribution in [3.05, 3.63) is 0 Å². The maximum atomic E-state index is 8.52. The molecule has 15 heavy (non-hydrogen) atoms. The van der Waals surface area contributed by atoms with Gasteiger partial charge in [-0.05, 0) is 38.1 Å². The molecule has 1 saturated carbocycles. The fourth-order valence-electron chi connectivity index (χ4n) is 1.94. The quantitative estimate of drug-likeness (QED) is 0.543. The van der Waals surface area contributed by atoms with Crippen molar-refractivity contribution in [1.29, 1.82) is 0 Å². The minimum atomic E-state index is 0.133. The number of hydrogen-bond acceptors (Lipinski definition) is 3. The predicted molar refractivity (Wildman–Crippen MR) is 61.9 cm³/mol.